The lowest BCUT2D eigenvalue weighted by molar-refractivity contribution is 0.121. The van der Waals surface area contributed by atoms with E-state index >= 15 is 0 Å². The van der Waals surface area contributed by atoms with Crippen molar-refractivity contribution in [3.05, 3.63) is 34.9 Å². The summed E-state index contributed by atoms with van der Waals surface area (Å²) < 4.78 is 0. The molecule has 1 aliphatic heterocycles. The zero-order valence-corrected chi connectivity index (χ0v) is 11.1. The van der Waals surface area contributed by atoms with Gasteiger partial charge in [0.25, 0.3) is 0 Å². The smallest absolute Gasteiger partial charge is 0.0406 e. The molecule has 0 N–H and O–H groups in total. The second kappa shape index (κ2) is 4.38. The van der Waals surface area contributed by atoms with Gasteiger partial charge in [0.1, 0.15) is 0 Å². The van der Waals surface area contributed by atoms with Crippen molar-refractivity contribution in [1.29, 1.82) is 0 Å². The Morgan fingerprint density at radius 1 is 1.19 bits per heavy atom. The number of nitrogens with zero attached hydrogens (tertiary/aromatic N) is 1. The van der Waals surface area contributed by atoms with E-state index in [0.29, 0.717) is 6.04 Å². The monoisotopic (exact) mass is 237 g/mol. The van der Waals surface area contributed by atoms with E-state index in [0.717, 1.165) is 5.02 Å². The Hall–Kier alpha value is -0.530. The van der Waals surface area contributed by atoms with E-state index in [2.05, 4.69) is 37.8 Å². The van der Waals surface area contributed by atoms with E-state index in [1.807, 2.05) is 12.1 Å². The Bertz CT molecular complexity index is 350. The predicted octanol–water partition coefficient (Wildman–Crippen LogP) is 4.28. The largest absolute Gasteiger partial charge is 0.291 e. The van der Waals surface area contributed by atoms with Gasteiger partial charge >= 0.3 is 0 Å². The molecule has 1 unspecified atom stereocenters. The van der Waals surface area contributed by atoms with Crippen molar-refractivity contribution < 1.29 is 0 Å². The maximum Gasteiger partial charge on any atom is 0.0406 e. The Kier molecular flexibility index (Phi) is 3.27. The van der Waals surface area contributed by atoms with Crippen LogP contribution in [-0.4, -0.2) is 17.0 Å². The molecular weight excluding hydrogens is 218 g/mol. The molecule has 1 aliphatic rings. The molecule has 0 aliphatic carbocycles. The molecule has 0 aromatic heterocycles. The van der Waals surface area contributed by atoms with Gasteiger partial charge in [-0.3, -0.25) is 4.90 Å². The molecule has 1 heterocycles. The topological polar surface area (TPSA) is 3.24 Å². The quantitative estimate of drug-likeness (QED) is 0.705. The lowest BCUT2D eigenvalue weighted by atomic mass is 9.99. The van der Waals surface area contributed by atoms with E-state index in [-0.39, 0.29) is 5.54 Å². The fourth-order valence-electron chi connectivity index (χ4n) is 2.60. The van der Waals surface area contributed by atoms with Gasteiger partial charge in [0.2, 0.25) is 0 Å². The first-order valence-electron chi connectivity index (χ1n) is 6.01. The molecule has 2 heteroatoms. The molecule has 1 fully saturated rings. The zero-order valence-electron chi connectivity index (χ0n) is 10.3. The van der Waals surface area contributed by atoms with Crippen LogP contribution >= 0.6 is 11.6 Å². The van der Waals surface area contributed by atoms with Crippen molar-refractivity contribution in [2.75, 3.05) is 6.54 Å². The van der Waals surface area contributed by atoms with Crippen molar-refractivity contribution in [1.82, 2.24) is 4.90 Å². The highest BCUT2D eigenvalue weighted by Gasteiger charge is 2.33. The summed E-state index contributed by atoms with van der Waals surface area (Å²) in [6.45, 7) is 8.08. The average Bonchev–Trinajstić information content (AvgIpc) is 2.66. The number of rotatable bonds is 1. The van der Waals surface area contributed by atoms with Gasteiger partial charge in [-0.25, -0.2) is 0 Å². The third kappa shape index (κ3) is 2.41. The van der Waals surface area contributed by atoms with Crippen molar-refractivity contribution in [3.8, 4) is 0 Å². The van der Waals surface area contributed by atoms with E-state index in [1.165, 1.54) is 24.9 Å². The number of hydrogen-bond donors (Lipinski definition) is 0. The van der Waals surface area contributed by atoms with Crippen LogP contribution in [-0.2, 0) is 0 Å². The molecule has 1 nitrogen and oxygen atoms in total. The van der Waals surface area contributed by atoms with Gasteiger partial charge in [0.15, 0.2) is 0 Å². The molecule has 0 spiro atoms. The van der Waals surface area contributed by atoms with Gasteiger partial charge < -0.3 is 0 Å². The maximum absolute atomic E-state index is 5.93. The van der Waals surface area contributed by atoms with Gasteiger partial charge in [-0.05, 0) is 57.9 Å². The summed E-state index contributed by atoms with van der Waals surface area (Å²) in [4.78, 5) is 2.59. The first kappa shape index (κ1) is 11.9. The van der Waals surface area contributed by atoms with Crippen molar-refractivity contribution >= 4 is 11.6 Å². The Labute approximate surface area is 103 Å². The molecular formula is C14H20ClN. The van der Waals surface area contributed by atoms with Crippen LogP contribution in [0.4, 0.5) is 0 Å². The SMILES string of the molecule is CC(C)(C)N1CCCC1c1ccc(Cl)cc1. The summed E-state index contributed by atoms with van der Waals surface area (Å²) in [7, 11) is 0. The molecule has 2 rings (SSSR count). The molecule has 16 heavy (non-hydrogen) atoms. The third-order valence-corrected chi connectivity index (χ3v) is 3.62. The van der Waals surface area contributed by atoms with Crippen LogP contribution in [0.25, 0.3) is 0 Å². The van der Waals surface area contributed by atoms with Gasteiger partial charge in [-0.2, -0.15) is 0 Å². The normalized spacial score (nSPS) is 22.6. The highest BCUT2D eigenvalue weighted by molar-refractivity contribution is 6.30. The van der Waals surface area contributed by atoms with Crippen LogP contribution in [0.15, 0.2) is 24.3 Å². The first-order valence-corrected chi connectivity index (χ1v) is 6.38. The fraction of sp³-hybridized carbons (Fsp3) is 0.571. The highest BCUT2D eigenvalue weighted by Crippen LogP contribution is 2.37. The van der Waals surface area contributed by atoms with Crippen LogP contribution in [0.3, 0.4) is 0 Å². The van der Waals surface area contributed by atoms with Crippen LogP contribution in [0.5, 0.6) is 0 Å². The van der Waals surface area contributed by atoms with Crippen molar-refractivity contribution in [2.45, 2.75) is 45.2 Å². The fourth-order valence-corrected chi connectivity index (χ4v) is 2.73. The van der Waals surface area contributed by atoms with Gasteiger partial charge in [0.05, 0.1) is 0 Å². The van der Waals surface area contributed by atoms with E-state index in [9.17, 15) is 0 Å². The minimum Gasteiger partial charge on any atom is -0.291 e. The van der Waals surface area contributed by atoms with Crippen LogP contribution in [0.2, 0.25) is 5.02 Å². The summed E-state index contributed by atoms with van der Waals surface area (Å²) >= 11 is 5.93. The van der Waals surface area contributed by atoms with Crippen molar-refractivity contribution in [3.63, 3.8) is 0 Å². The van der Waals surface area contributed by atoms with Gasteiger partial charge in [-0.1, -0.05) is 23.7 Å². The third-order valence-electron chi connectivity index (χ3n) is 3.37. The van der Waals surface area contributed by atoms with Gasteiger partial charge in [-0.15, -0.1) is 0 Å². The second-order valence-electron chi connectivity index (χ2n) is 5.57. The maximum atomic E-state index is 5.93. The van der Waals surface area contributed by atoms with Crippen LogP contribution < -0.4 is 0 Å². The number of hydrogen-bond acceptors (Lipinski definition) is 1. The summed E-state index contributed by atoms with van der Waals surface area (Å²) in [6.07, 6.45) is 2.56. The minimum atomic E-state index is 0.251. The molecule has 0 saturated carbocycles. The van der Waals surface area contributed by atoms with Crippen LogP contribution in [0.1, 0.15) is 45.2 Å². The summed E-state index contributed by atoms with van der Waals surface area (Å²) in [5.74, 6) is 0. The predicted molar refractivity (Wildman–Crippen MR) is 69.9 cm³/mol. The summed E-state index contributed by atoms with van der Waals surface area (Å²) in [5, 5.41) is 0.823. The number of likely N-dealkylation sites (tertiary alicyclic amines) is 1. The second-order valence-corrected chi connectivity index (χ2v) is 6.01. The molecule has 1 aromatic carbocycles. The summed E-state index contributed by atoms with van der Waals surface area (Å²) in [6, 6.07) is 8.89. The van der Waals surface area contributed by atoms with E-state index < -0.39 is 0 Å². The average molecular weight is 238 g/mol. The molecule has 1 saturated heterocycles. The van der Waals surface area contributed by atoms with Crippen molar-refractivity contribution in [2.24, 2.45) is 0 Å². The zero-order chi connectivity index (χ0) is 11.8. The molecule has 1 aromatic rings. The van der Waals surface area contributed by atoms with Gasteiger partial charge in [0, 0.05) is 16.6 Å². The Morgan fingerprint density at radius 3 is 2.38 bits per heavy atom. The van der Waals surface area contributed by atoms with Crippen LogP contribution in [0, 0.1) is 0 Å². The molecule has 1 atom stereocenters. The summed E-state index contributed by atoms with van der Waals surface area (Å²) in [5.41, 5.74) is 1.65. The lowest BCUT2D eigenvalue weighted by Crippen LogP contribution is -2.40. The minimum absolute atomic E-state index is 0.251. The van der Waals surface area contributed by atoms with E-state index in [1.54, 1.807) is 0 Å². The Morgan fingerprint density at radius 2 is 1.81 bits per heavy atom. The lowest BCUT2D eigenvalue weighted by Gasteiger charge is -2.37. The molecule has 88 valence electrons. The molecule has 0 radical (unpaired) electrons. The highest BCUT2D eigenvalue weighted by atomic mass is 35.5. The molecule has 0 bridgehead atoms. The Balaban J connectivity index is 2.23. The number of benzene rings is 1. The standard InChI is InChI=1S/C14H20ClN/c1-14(2,3)16-10-4-5-13(16)11-6-8-12(15)9-7-11/h6-9,13H,4-5,10H2,1-3H3. The molecule has 0 amide bonds. The number of halogens is 1. The first-order chi connectivity index (χ1) is 7.48. The van der Waals surface area contributed by atoms with E-state index in [4.69, 9.17) is 11.6 Å².